The molecule has 2 aromatic carbocycles. The minimum atomic E-state index is 0.378. The van der Waals surface area contributed by atoms with Crippen molar-refractivity contribution < 1.29 is 14.4 Å². The standard InChI is InChI=1S/C7H3Cl2NO.C7H4ClNO.CHNO/c8-6-2-1-5(10-4-11)3-7(6)9;8-6-1-3-7(4-2-6)9-5-10;2-1-3/h1-3H;1-4H;2H. The zero-order valence-electron chi connectivity index (χ0n) is 11.8. The average molecular weight is 385 g/mol. The molecule has 0 aliphatic carbocycles. The molecule has 0 spiro atoms. The molecule has 0 aromatic heterocycles. The lowest BCUT2D eigenvalue weighted by molar-refractivity contribution is 0.562. The van der Waals surface area contributed by atoms with E-state index in [1.165, 1.54) is 18.2 Å². The molecule has 6 nitrogen and oxygen atoms in total. The van der Waals surface area contributed by atoms with E-state index < -0.39 is 0 Å². The maximum atomic E-state index is 9.80. The number of hydrogen-bond acceptors (Lipinski definition) is 6. The average Bonchev–Trinajstić information content (AvgIpc) is 2.55. The van der Waals surface area contributed by atoms with Gasteiger partial charge >= 0.3 is 0 Å². The van der Waals surface area contributed by atoms with Crippen molar-refractivity contribution in [2.45, 2.75) is 0 Å². The number of rotatable bonds is 2. The monoisotopic (exact) mass is 383 g/mol. The maximum absolute atomic E-state index is 9.80. The van der Waals surface area contributed by atoms with E-state index in [9.17, 15) is 9.59 Å². The molecule has 0 aliphatic rings. The van der Waals surface area contributed by atoms with Crippen molar-refractivity contribution in [2.75, 3.05) is 0 Å². The number of halogens is 3. The second kappa shape index (κ2) is 12.9. The van der Waals surface area contributed by atoms with Crippen LogP contribution in [0.1, 0.15) is 0 Å². The van der Waals surface area contributed by atoms with Crippen LogP contribution < -0.4 is 0 Å². The van der Waals surface area contributed by atoms with E-state index in [2.05, 4.69) is 9.98 Å². The third-order valence-corrected chi connectivity index (χ3v) is 3.07. The molecule has 0 aliphatic heterocycles. The van der Waals surface area contributed by atoms with Gasteiger partial charge in [0.1, 0.15) is 0 Å². The molecular weight excluding hydrogens is 377 g/mol. The summed E-state index contributed by atoms with van der Waals surface area (Å²) < 4.78 is 0. The van der Waals surface area contributed by atoms with Gasteiger partial charge in [0.15, 0.2) is 0 Å². The molecule has 0 heterocycles. The van der Waals surface area contributed by atoms with Crippen LogP contribution in [0.25, 0.3) is 0 Å². The first-order valence-corrected chi connectivity index (χ1v) is 7.02. The molecule has 122 valence electrons. The fourth-order valence-electron chi connectivity index (χ4n) is 1.18. The molecule has 0 bridgehead atoms. The van der Waals surface area contributed by atoms with Gasteiger partial charge in [0, 0.05) is 5.02 Å². The Morgan fingerprint density at radius 3 is 1.67 bits per heavy atom. The molecule has 0 saturated carbocycles. The highest BCUT2D eigenvalue weighted by Gasteiger charge is 1.96. The van der Waals surface area contributed by atoms with Gasteiger partial charge in [-0.3, -0.25) is 0 Å². The first-order valence-electron chi connectivity index (χ1n) is 5.88. The van der Waals surface area contributed by atoms with Crippen molar-refractivity contribution in [1.82, 2.24) is 0 Å². The van der Waals surface area contributed by atoms with Crippen LogP contribution in [-0.2, 0) is 14.4 Å². The van der Waals surface area contributed by atoms with Crippen molar-refractivity contribution in [3.8, 4) is 0 Å². The number of carbonyl (C=O) groups excluding carboxylic acids is 3. The predicted octanol–water partition coefficient (Wildman–Crippen LogP) is 5.17. The van der Waals surface area contributed by atoms with E-state index in [1.54, 1.807) is 36.4 Å². The minimum absolute atomic E-state index is 0.378. The van der Waals surface area contributed by atoms with Crippen molar-refractivity contribution in [1.29, 1.82) is 5.41 Å². The first kappa shape index (κ1) is 21.5. The molecule has 0 unspecified atom stereocenters. The number of nitrogens with zero attached hydrogens (tertiary/aromatic N) is 2. The largest absolute Gasteiger partial charge is 0.240 e. The number of nitrogens with one attached hydrogen (secondary N) is 1. The predicted molar refractivity (Wildman–Crippen MR) is 91.9 cm³/mol. The molecule has 0 saturated heterocycles. The molecule has 0 fully saturated rings. The lowest BCUT2D eigenvalue weighted by Crippen LogP contribution is -1.67. The van der Waals surface area contributed by atoms with Crippen LogP contribution in [0.2, 0.25) is 15.1 Å². The summed E-state index contributed by atoms with van der Waals surface area (Å²) in [6.07, 6.45) is 3.59. The first-order chi connectivity index (χ1) is 11.5. The van der Waals surface area contributed by atoms with Gasteiger partial charge < -0.3 is 0 Å². The molecule has 0 radical (unpaired) electrons. The van der Waals surface area contributed by atoms with Crippen LogP contribution in [-0.4, -0.2) is 18.2 Å². The molecule has 0 amide bonds. The van der Waals surface area contributed by atoms with Crippen molar-refractivity contribution in [2.24, 2.45) is 9.98 Å². The van der Waals surface area contributed by atoms with Crippen LogP contribution in [0.3, 0.4) is 0 Å². The van der Waals surface area contributed by atoms with Crippen molar-refractivity contribution in [3.63, 3.8) is 0 Å². The lowest BCUT2D eigenvalue weighted by Gasteiger charge is -1.93. The number of isocyanates is 3. The fourth-order valence-corrected chi connectivity index (χ4v) is 1.59. The van der Waals surface area contributed by atoms with Crippen LogP contribution in [0.4, 0.5) is 11.4 Å². The van der Waals surface area contributed by atoms with E-state index in [1.807, 2.05) is 0 Å². The third-order valence-electron chi connectivity index (χ3n) is 2.08. The summed E-state index contributed by atoms with van der Waals surface area (Å²) in [5.74, 6) is 0. The Hall–Kier alpha value is -2.55. The summed E-state index contributed by atoms with van der Waals surface area (Å²) in [7, 11) is 0. The van der Waals surface area contributed by atoms with Crippen molar-refractivity contribution >= 4 is 64.4 Å². The van der Waals surface area contributed by atoms with Crippen LogP contribution >= 0.6 is 34.8 Å². The lowest BCUT2D eigenvalue weighted by atomic mass is 10.3. The van der Waals surface area contributed by atoms with Gasteiger partial charge in [-0.2, -0.15) is 9.98 Å². The molecule has 9 heteroatoms. The van der Waals surface area contributed by atoms with Crippen LogP contribution in [0.15, 0.2) is 52.4 Å². The Kier molecular flexibility index (Phi) is 11.6. The Bertz CT molecular complexity index is 791. The van der Waals surface area contributed by atoms with E-state index in [4.69, 9.17) is 45.0 Å². The van der Waals surface area contributed by atoms with Crippen molar-refractivity contribution in [3.05, 3.63) is 57.5 Å². The summed E-state index contributed by atoms with van der Waals surface area (Å²) in [6.45, 7) is 0. The molecule has 1 N–H and O–H groups in total. The summed E-state index contributed by atoms with van der Waals surface area (Å²) >= 11 is 16.8. The third kappa shape index (κ3) is 9.46. The van der Waals surface area contributed by atoms with E-state index in [0.717, 1.165) is 6.08 Å². The van der Waals surface area contributed by atoms with E-state index in [0.29, 0.717) is 26.4 Å². The van der Waals surface area contributed by atoms with Crippen LogP contribution in [0, 0.1) is 5.41 Å². The topological polar surface area (TPSA) is 99.8 Å². The SMILES string of the molecule is N=C=O.O=C=Nc1ccc(Cl)c(Cl)c1.O=C=Nc1ccc(Cl)cc1. The normalized spacial score (nSPS) is 7.96. The molecular formula is C15H8Cl3N3O3. The molecule has 2 rings (SSSR count). The van der Waals surface area contributed by atoms with Gasteiger partial charge in [-0.1, -0.05) is 34.8 Å². The second-order valence-corrected chi connectivity index (χ2v) is 4.83. The van der Waals surface area contributed by atoms with Gasteiger partial charge in [-0.05, 0) is 42.5 Å². The number of aliphatic imine (C=N–C) groups is 2. The summed E-state index contributed by atoms with van der Waals surface area (Å²) in [4.78, 5) is 34.6. The Labute approximate surface area is 151 Å². The second-order valence-electron chi connectivity index (χ2n) is 3.58. The Balaban J connectivity index is 0.000000381. The summed E-state index contributed by atoms with van der Waals surface area (Å²) in [5.41, 5.74) is 1.02. The quantitative estimate of drug-likeness (QED) is 0.571. The number of benzene rings is 2. The van der Waals surface area contributed by atoms with E-state index in [-0.39, 0.29) is 0 Å². The number of hydrogen-bond donors (Lipinski definition) is 1. The van der Waals surface area contributed by atoms with Gasteiger partial charge in [-0.15, -0.1) is 0 Å². The summed E-state index contributed by atoms with van der Waals surface area (Å²) in [6, 6.07) is 11.3. The van der Waals surface area contributed by atoms with Gasteiger partial charge in [-0.25, -0.2) is 19.8 Å². The van der Waals surface area contributed by atoms with Gasteiger partial charge in [0.2, 0.25) is 18.2 Å². The highest BCUT2D eigenvalue weighted by Crippen LogP contribution is 2.26. The maximum Gasteiger partial charge on any atom is 0.240 e. The molecule has 0 atom stereocenters. The summed E-state index contributed by atoms with van der Waals surface area (Å²) in [5, 5.41) is 6.85. The van der Waals surface area contributed by atoms with E-state index >= 15 is 0 Å². The Morgan fingerprint density at radius 2 is 1.21 bits per heavy atom. The molecule has 24 heavy (non-hydrogen) atoms. The van der Waals surface area contributed by atoms with Gasteiger partial charge in [0.25, 0.3) is 0 Å². The highest BCUT2D eigenvalue weighted by molar-refractivity contribution is 6.42. The zero-order chi connectivity index (χ0) is 18.4. The zero-order valence-corrected chi connectivity index (χ0v) is 14.1. The molecule has 2 aromatic rings. The minimum Gasteiger partial charge on any atom is -0.222 e. The highest BCUT2D eigenvalue weighted by atomic mass is 35.5. The Morgan fingerprint density at radius 1 is 0.750 bits per heavy atom. The van der Waals surface area contributed by atoms with Gasteiger partial charge in [0.05, 0.1) is 21.4 Å². The smallest absolute Gasteiger partial charge is 0.222 e. The van der Waals surface area contributed by atoms with Crippen LogP contribution in [0.5, 0.6) is 0 Å². The fraction of sp³-hybridized carbons (Fsp3) is 0.